The summed E-state index contributed by atoms with van der Waals surface area (Å²) in [5.74, 6) is 1.16. The average molecular weight is 355 g/mol. The lowest BCUT2D eigenvalue weighted by Crippen LogP contribution is -2.15. The lowest BCUT2D eigenvalue weighted by Gasteiger charge is -2.12. The van der Waals surface area contributed by atoms with Crippen LogP contribution in [0.25, 0.3) is 0 Å². The molecular formula is C16H19ClN2O3S. The summed E-state index contributed by atoms with van der Waals surface area (Å²) in [7, 11) is 3.04. The van der Waals surface area contributed by atoms with Crippen molar-refractivity contribution in [2.75, 3.05) is 19.5 Å². The van der Waals surface area contributed by atoms with Gasteiger partial charge in [0.05, 0.1) is 42.1 Å². The lowest BCUT2D eigenvalue weighted by atomic mass is 10.2. The van der Waals surface area contributed by atoms with Gasteiger partial charge in [0.1, 0.15) is 11.5 Å². The Hall–Kier alpha value is -1.79. The number of nitrogens with one attached hydrogen (secondary N) is 1. The number of anilines is 1. The Labute approximate surface area is 144 Å². The Morgan fingerprint density at radius 1 is 1.30 bits per heavy atom. The summed E-state index contributed by atoms with van der Waals surface area (Å²) in [6.07, 6.45) is 0.204. The van der Waals surface area contributed by atoms with Crippen LogP contribution in [0, 0.1) is 0 Å². The third-order valence-corrected chi connectivity index (χ3v) is 4.64. The summed E-state index contributed by atoms with van der Waals surface area (Å²) in [4.78, 5) is 16.7. The zero-order valence-electron chi connectivity index (χ0n) is 13.5. The first kappa shape index (κ1) is 17.6. The number of carbonyl (C=O) groups is 1. The van der Waals surface area contributed by atoms with Gasteiger partial charge in [0.2, 0.25) is 5.91 Å². The molecule has 1 amide bonds. The van der Waals surface area contributed by atoms with Crippen molar-refractivity contribution < 1.29 is 14.3 Å². The number of amides is 1. The molecule has 0 fully saturated rings. The van der Waals surface area contributed by atoms with Crippen molar-refractivity contribution >= 4 is 34.5 Å². The monoisotopic (exact) mass is 354 g/mol. The Balaban J connectivity index is 2.11. The summed E-state index contributed by atoms with van der Waals surface area (Å²) in [5.41, 5.74) is 1.26. The molecule has 0 aliphatic carbocycles. The molecule has 0 saturated heterocycles. The number of hydrogen-bond donors (Lipinski definition) is 1. The number of rotatable bonds is 6. The highest BCUT2D eigenvalue weighted by atomic mass is 35.5. The molecule has 1 aromatic carbocycles. The molecule has 0 radical (unpaired) electrons. The maximum atomic E-state index is 12.2. The first-order valence-electron chi connectivity index (χ1n) is 7.10. The zero-order valence-corrected chi connectivity index (χ0v) is 15.0. The van der Waals surface area contributed by atoms with E-state index in [1.165, 1.54) is 14.2 Å². The van der Waals surface area contributed by atoms with E-state index in [1.54, 1.807) is 23.5 Å². The van der Waals surface area contributed by atoms with E-state index in [-0.39, 0.29) is 12.3 Å². The van der Waals surface area contributed by atoms with Gasteiger partial charge in [0.25, 0.3) is 0 Å². The van der Waals surface area contributed by atoms with E-state index in [0.29, 0.717) is 28.1 Å². The smallest absolute Gasteiger partial charge is 0.230 e. The molecule has 1 heterocycles. The third-order valence-electron chi connectivity index (χ3n) is 3.15. The van der Waals surface area contributed by atoms with Crippen molar-refractivity contribution in [2.45, 2.75) is 26.2 Å². The molecule has 7 heteroatoms. The number of carbonyl (C=O) groups excluding carboxylic acids is 1. The van der Waals surface area contributed by atoms with Crippen molar-refractivity contribution in [3.8, 4) is 11.5 Å². The molecule has 2 aromatic rings. The SMILES string of the molecule is COc1cc(OC)c(NC(=O)Cc2csc(C(C)C)n2)cc1Cl. The molecule has 23 heavy (non-hydrogen) atoms. The van der Waals surface area contributed by atoms with Gasteiger partial charge >= 0.3 is 0 Å². The van der Waals surface area contributed by atoms with Crippen LogP contribution in [0.2, 0.25) is 5.02 Å². The van der Waals surface area contributed by atoms with Crippen LogP contribution in [-0.2, 0) is 11.2 Å². The molecule has 5 nitrogen and oxygen atoms in total. The van der Waals surface area contributed by atoms with Crippen LogP contribution in [0.15, 0.2) is 17.5 Å². The topological polar surface area (TPSA) is 60.5 Å². The van der Waals surface area contributed by atoms with Gasteiger partial charge in [-0.05, 0) is 6.07 Å². The maximum Gasteiger partial charge on any atom is 0.230 e. The number of hydrogen-bond acceptors (Lipinski definition) is 5. The fourth-order valence-corrected chi connectivity index (χ4v) is 3.06. The predicted molar refractivity (Wildman–Crippen MR) is 93.1 cm³/mol. The highest BCUT2D eigenvalue weighted by Gasteiger charge is 2.14. The highest BCUT2D eigenvalue weighted by Crippen LogP contribution is 2.35. The molecular weight excluding hydrogens is 336 g/mol. The minimum atomic E-state index is -0.176. The second kappa shape index (κ2) is 7.66. The van der Waals surface area contributed by atoms with E-state index in [9.17, 15) is 4.79 Å². The summed E-state index contributed by atoms with van der Waals surface area (Å²) in [6, 6.07) is 3.25. The van der Waals surface area contributed by atoms with Crippen molar-refractivity contribution in [1.29, 1.82) is 0 Å². The fourth-order valence-electron chi connectivity index (χ4n) is 1.99. The number of thiazole rings is 1. The quantitative estimate of drug-likeness (QED) is 0.847. The molecule has 0 spiro atoms. The van der Waals surface area contributed by atoms with Crippen LogP contribution in [0.1, 0.15) is 30.5 Å². The summed E-state index contributed by atoms with van der Waals surface area (Å²) in [6.45, 7) is 4.15. The summed E-state index contributed by atoms with van der Waals surface area (Å²) < 4.78 is 10.4. The second-order valence-electron chi connectivity index (χ2n) is 5.24. The lowest BCUT2D eigenvalue weighted by molar-refractivity contribution is -0.115. The number of halogens is 1. The Bertz CT molecular complexity index is 701. The van der Waals surface area contributed by atoms with Gasteiger partial charge in [0.15, 0.2) is 0 Å². The Morgan fingerprint density at radius 3 is 2.57 bits per heavy atom. The van der Waals surface area contributed by atoms with Crippen LogP contribution in [0.3, 0.4) is 0 Å². The molecule has 0 unspecified atom stereocenters. The van der Waals surface area contributed by atoms with Crippen LogP contribution in [0.4, 0.5) is 5.69 Å². The Kier molecular flexibility index (Phi) is 5.85. The van der Waals surface area contributed by atoms with Gasteiger partial charge in [-0.15, -0.1) is 11.3 Å². The normalized spacial score (nSPS) is 10.7. The van der Waals surface area contributed by atoms with Crippen LogP contribution < -0.4 is 14.8 Å². The first-order chi connectivity index (χ1) is 10.9. The number of nitrogens with zero attached hydrogens (tertiary/aromatic N) is 1. The van der Waals surface area contributed by atoms with E-state index in [1.807, 2.05) is 5.38 Å². The van der Waals surface area contributed by atoms with Crippen molar-refractivity contribution in [1.82, 2.24) is 4.98 Å². The van der Waals surface area contributed by atoms with Gasteiger partial charge in [-0.1, -0.05) is 25.4 Å². The maximum absolute atomic E-state index is 12.2. The highest BCUT2D eigenvalue weighted by molar-refractivity contribution is 7.09. The molecule has 1 N–H and O–H groups in total. The van der Waals surface area contributed by atoms with Crippen molar-refractivity contribution in [2.24, 2.45) is 0 Å². The van der Waals surface area contributed by atoms with Crippen LogP contribution >= 0.6 is 22.9 Å². The number of aromatic nitrogens is 1. The van der Waals surface area contributed by atoms with E-state index in [2.05, 4.69) is 24.1 Å². The summed E-state index contributed by atoms with van der Waals surface area (Å²) in [5, 5.41) is 6.14. The molecule has 124 valence electrons. The van der Waals surface area contributed by atoms with Crippen LogP contribution in [0.5, 0.6) is 11.5 Å². The molecule has 0 saturated carbocycles. The first-order valence-corrected chi connectivity index (χ1v) is 8.36. The number of benzene rings is 1. The molecule has 0 aliphatic heterocycles. The minimum absolute atomic E-state index is 0.176. The molecule has 2 rings (SSSR count). The van der Waals surface area contributed by atoms with Crippen LogP contribution in [-0.4, -0.2) is 25.1 Å². The second-order valence-corrected chi connectivity index (χ2v) is 6.54. The molecule has 0 bridgehead atoms. The molecule has 1 aromatic heterocycles. The van der Waals surface area contributed by atoms with E-state index >= 15 is 0 Å². The van der Waals surface area contributed by atoms with Gasteiger partial charge in [-0.3, -0.25) is 4.79 Å². The van der Waals surface area contributed by atoms with Crippen molar-refractivity contribution in [3.63, 3.8) is 0 Å². The predicted octanol–water partition coefficient (Wildman–Crippen LogP) is 4.12. The summed E-state index contributed by atoms with van der Waals surface area (Å²) >= 11 is 7.67. The number of ether oxygens (including phenoxy) is 2. The average Bonchev–Trinajstić information content (AvgIpc) is 2.96. The zero-order chi connectivity index (χ0) is 17.0. The minimum Gasteiger partial charge on any atom is -0.495 e. The standard InChI is InChI=1S/C16H19ClN2O3S/c1-9(2)16-18-10(8-23-16)5-15(20)19-12-6-11(17)13(21-3)7-14(12)22-4/h6-9H,5H2,1-4H3,(H,19,20). The van der Waals surface area contributed by atoms with E-state index < -0.39 is 0 Å². The van der Waals surface area contributed by atoms with E-state index in [4.69, 9.17) is 21.1 Å². The fraction of sp³-hybridized carbons (Fsp3) is 0.375. The third kappa shape index (κ3) is 4.36. The Morgan fingerprint density at radius 2 is 2.00 bits per heavy atom. The van der Waals surface area contributed by atoms with E-state index in [0.717, 1.165) is 10.7 Å². The van der Waals surface area contributed by atoms with Gasteiger partial charge in [-0.25, -0.2) is 4.98 Å². The molecule has 0 atom stereocenters. The largest absolute Gasteiger partial charge is 0.495 e. The number of methoxy groups -OCH3 is 2. The van der Waals surface area contributed by atoms with Crippen molar-refractivity contribution in [3.05, 3.63) is 33.2 Å². The molecule has 0 aliphatic rings. The van der Waals surface area contributed by atoms with Gasteiger partial charge in [0, 0.05) is 17.4 Å². The van der Waals surface area contributed by atoms with Gasteiger partial charge < -0.3 is 14.8 Å². The van der Waals surface area contributed by atoms with Gasteiger partial charge in [-0.2, -0.15) is 0 Å².